The second kappa shape index (κ2) is 16.6. The quantitative estimate of drug-likeness (QED) is 0.135. The highest BCUT2D eigenvalue weighted by atomic mass is 35.5. The summed E-state index contributed by atoms with van der Waals surface area (Å²) in [7, 11) is -4.20. The number of amides is 2. The van der Waals surface area contributed by atoms with Crippen molar-refractivity contribution in [3.8, 4) is 0 Å². The largest absolute Gasteiger partial charge is 0.352 e. The van der Waals surface area contributed by atoms with Crippen LogP contribution in [0.5, 0.6) is 0 Å². The summed E-state index contributed by atoms with van der Waals surface area (Å²) in [4.78, 5) is 31.0. The molecule has 0 fully saturated rings. The van der Waals surface area contributed by atoms with Crippen LogP contribution in [0, 0.1) is 6.92 Å². The van der Waals surface area contributed by atoms with E-state index >= 15 is 0 Å². The Morgan fingerprint density at radius 3 is 2.17 bits per heavy atom. The number of thioether (sulfide) groups is 1. The van der Waals surface area contributed by atoms with Gasteiger partial charge in [-0.2, -0.15) is 0 Å². The van der Waals surface area contributed by atoms with Crippen molar-refractivity contribution in [1.29, 1.82) is 0 Å². The molecule has 0 saturated heterocycles. The van der Waals surface area contributed by atoms with E-state index in [1.807, 2.05) is 57.4 Å². The van der Waals surface area contributed by atoms with Crippen LogP contribution in [0.2, 0.25) is 10.0 Å². The molecule has 0 bridgehead atoms. The third kappa shape index (κ3) is 9.54. The number of benzene rings is 4. The summed E-state index contributed by atoms with van der Waals surface area (Å²) in [6.07, 6.45) is 2.80. The molecule has 4 aromatic carbocycles. The molecule has 0 aliphatic carbocycles. The summed E-state index contributed by atoms with van der Waals surface area (Å²) >= 11 is 14.3. The van der Waals surface area contributed by atoms with Gasteiger partial charge in [0.05, 0.1) is 10.6 Å². The van der Waals surface area contributed by atoms with Crippen LogP contribution in [-0.2, 0) is 32.6 Å². The summed E-state index contributed by atoms with van der Waals surface area (Å²) in [6.45, 7) is 5.15. The molecule has 0 aliphatic rings. The van der Waals surface area contributed by atoms with Crippen LogP contribution in [0.4, 0.5) is 5.69 Å². The van der Waals surface area contributed by atoms with E-state index in [1.165, 1.54) is 28.8 Å². The number of aryl methyl sites for hydroxylation is 1. The first kappa shape index (κ1) is 36.3. The van der Waals surface area contributed by atoms with Gasteiger partial charge in [-0.25, -0.2) is 8.42 Å². The number of nitrogens with one attached hydrogen (secondary N) is 1. The molecule has 0 radical (unpaired) electrons. The SMILES string of the molecule is CC[C@@H](C)NC(=O)[C@@H](Cc1ccccc1)N(Cc1ccc(Cl)cc1Cl)C(=O)CN(c1ccc(C)cc1)S(=O)(=O)c1ccc(SC)cc1. The molecule has 0 unspecified atom stereocenters. The minimum atomic E-state index is -4.20. The lowest BCUT2D eigenvalue weighted by Crippen LogP contribution is -2.54. The van der Waals surface area contributed by atoms with E-state index in [0.717, 1.165) is 20.3 Å². The van der Waals surface area contributed by atoms with Crippen molar-refractivity contribution in [3.63, 3.8) is 0 Å². The van der Waals surface area contributed by atoms with Crippen LogP contribution in [0.3, 0.4) is 0 Å². The molecule has 2 atom stereocenters. The van der Waals surface area contributed by atoms with E-state index < -0.39 is 28.5 Å². The monoisotopic (exact) mass is 711 g/mol. The number of hydrogen-bond acceptors (Lipinski definition) is 5. The fraction of sp³-hybridized carbons (Fsp3) is 0.278. The zero-order chi connectivity index (χ0) is 34.1. The van der Waals surface area contributed by atoms with Crippen LogP contribution < -0.4 is 9.62 Å². The molecule has 0 saturated carbocycles. The zero-order valence-electron chi connectivity index (χ0n) is 26.8. The third-order valence-electron chi connectivity index (χ3n) is 7.88. The molecule has 0 aromatic heterocycles. The normalized spacial score (nSPS) is 12.6. The highest BCUT2D eigenvalue weighted by Crippen LogP contribution is 2.28. The fourth-order valence-electron chi connectivity index (χ4n) is 4.94. The van der Waals surface area contributed by atoms with Crippen molar-refractivity contribution in [3.05, 3.63) is 124 Å². The van der Waals surface area contributed by atoms with E-state index in [1.54, 1.807) is 54.6 Å². The Morgan fingerprint density at radius 1 is 0.915 bits per heavy atom. The maximum absolute atomic E-state index is 14.6. The lowest BCUT2D eigenvalue weighted by atomic mass is 10.0. The summed E-state index contributed by atoms with van der Waals surface area (Å²) < 4.78 is 29.6. The lowest BCUT2D eigenvalue weighted by molar-refractivity contribution is -0.140. The third-order valence-corrected chi connectivity index (χ3v) is 11.0. The summed E-state index contributed by atoms with van der Waals surface area (Å²) in [5.41, 5.74) is 2.67. The minimum Gasteiger partial charge on any atom is -0.352 e. The number of carbonyl (C=O) groups excluding carboxylic acids is 2. The molecule has 1 N–H and O–H groups in total. The topological polar surface area (TPSA) is 86.8 Å². The van der Waals surface area contributed by atoms with Crippen LogP contribution in [0.15, 0.2) is 107 Å². The summed E-state index contributed by atoms with van der Waals surface area (Å²) in [5, 5.41) is 3.79. The van der Waals surface area contributed by atoms with Gasteiger partial charge in [0.25, 0.3) is 10.0 Å². The summed E-state index contributed by atoms with van der Waals surface area (Å²) in [5.74, 6) is -0.917. The highest BCUT2D eigenvalue weighted by molar-refractivity contribution is 7.98. The van der Waals surface area contributed by atoms with Crippen LogP contribution in [-0.4, -0.2) is 50.0 Å². The van der Waals surface area contributed by atoms with Crippen molar-refractivity contribution in [2.24, 2.45) is 0 Å². The Labute approximate surface area is 292 Å². The van der Waals surface area contributed by atoms with Gasteiger partial charge in [0.15, 0.2) is 0 Å². The van der Waals surface area contributed by atoms with Gasteiger partial charge in [-0.05, 0) is 86.2 Å². The number of sulfonamides is 1. The molecular weight excluding hydrogens is 673 g/mol. The molecule has 11 heteroatoms. The smallest absolute Gasteiger partial charge is 0.264 e. The molecule has 248 valence electrons. The minimum absolute atomic E-state index is 0.0475. The molecule has 0 spiro atoms. The molecule has 0 heterocycles. The van der Waals surface area contributed by atoms with E-state index in [9.17, 15) is 18.0 Å². The predicted molar refractivity (Wildman–Crippen MR) is 193 cm³/mol. The maximum atomic E-state index is 14.6. The Morgan fingerprint density at radius 2 is 1.57 bits per heavy atom. The second-order valence-electron chi connectivity index (χ2n) is 11.3. The number of rotatable bonds is 14. The lowest BCUT2D eigenvalue weighted by Gasteiger charge is -2.34. The standard InChI is InChI=1S/C36H39Cl2N3O4S2/c1-5-26(3)39-36(43)34(21-27-9-7-6-8-10-27)40(23-28-13-14-29(37)22-33(28)38)35(42)24-41(30-15-11-25(2)12-16-30)47(44,45)32-19-17-31(46-4)18-20-32/h6-20,22,26,34H,5,21,23-24H2,1-4H3,(H,39,43)/t26-,34-/m1/s1. The van der Waals surface area contributed by atoms with Gasteiger partial charge in [-0.15, -0.1) is 11.8 Å². The van der Waals surface area contributed by atoms with E-state index in [-0.39, 0.29) is 29.8 Å². The van der Waals surface area contributed by atoms with Crippen molar-refractivity contribution < 1.29 is 18.0 Å². The predicted octanol–water partition coefficient (Wildman–Crippen LogP) is 7.77. The average molecular weight is 713 g/mol. The average Bonchev–Trinajstić information content (AvgIpc) is 3.06. The Kier molecular flexibility index (Phi) is 12.8. The van der Waals surface area contributed by atoms with Crippen LogP contribution >= 0.6 is 35.0 Å². The van der Waals surface area contributed by atoms with Gasteiger partial charge >= 0.3 is 0 Å². The fourth-order valence-corrected chi connectivity index (χ4v) is 7.23. The van der Waals surface area contributed by atoms with Crippen LogP contribution in [0.1, 0.15) is 37.0 Å². The first-order valence-corrected chi connectivity index (χ1v) is 18.7. The van der Waals surface area contributed by atoms with Gasteiger partial charge in [0.1, 0.15) is 12.6 Å². The van der Waals surface area contributed by atoms with E-state index in [0.29, 0.717) is 27.7 Å². The number of carbonyl (C=O) groups is 2. The van der Waals surface area contributed by atoms with Crippen molar-refractivity contribution >= 4 is 62.5 Å². The second-order valence-corrected chi connectivity index (χ2v) is 14.9. The van der Waals surface area contributed by atoms with Gasteiger partial charge in [-0.1, -0.05) is 84.2 Å². The van der Waals surface area contributed by atoms with E-state index in [4.69, 9.17) is 23.2 Å². The first-order valence-electron chi connectivity index (χ1n) is 15.2. The van der Waals surface area contributed by atoms with Gasteiger partial charge in [-0.3, -0.25) is 13.9 Å². The van der Waals surface area contributed by atoms with Gasteiger partial charge in [0.2, 0.25) is 11.8 Å². The molecule has 4 aromatic rings. The number of anilines is 1. The highest BCUT2D eigenvalue weighted by Gasteiger charge is 2.35. The molecular formula is C36H39Cl2N3O4S2. The molecule has 0 aliphatic heterocycles. The molecule has 47 heavy (non-hydrogen) atoms. The van der Waals surface area contributed by atoms with Crippen molar-refractivity contribution in [2.45, 2.75) is 62.0 Å². The van der Waals surface area contributed by atoms with Crippen molar-refractivity contribution in [1.82, 2.24) is 10.2 Å². The Bertz CT molecular complexity index is 1770. The van der Waals surface area contributed by atoms with Gasteiger partial charge < -0.3 is 10.2 Å². The number of nitrogens with zero attached hydrogens (tertiary/aromatic N) is 2. The molecule has 2 amide bonds. The first-order chi connectivity index (χ1) is 22.4. The Hall–Kier alpha value is -3.50. The summed E-state index contributed by atoms with van der Waals surface area (Å²) in [6, 6.07) is 26.7. The maximum Gasteiger partial charge on any atom is 0.264 e. The molecule has 7 nitrogen and oxygen atoms in total. The Balaban J connectivity index is 1.82. The van der Waals surface area contributed by atoms with Crippen molar-refractivity contribution in [2.75, 3.05) is 17.1 Å². The van der Waals surface area contributed by atoms with E-state index in [2.05, 4.69) is 5.32 Å². The van der Waals surface area contributed by atoms with Crippen LogP contribution in [0.25, 0.3) is 0 Å². The molecule has 4 rings (SSSR count). The zero-order valence-corrected chi connectivity index (χ0v) is 30.0. The van der Waals surface area contributed by atoms with Gasteiger partial charge in [0, 0.05) is 33.9 Å². The number of hydrogen-bond donors (Lipinski definition) is 1. The number of halogens is 2.